The first kappa shape index (κ1) is 26.1. The van der Waals surface area contributed by atoms with Gasteiger partial charge >= 0.3 is 12.1 Å². The molecule has 2 aliphatic rings. The SMILES string of the molecule is O=C(O)C(F)(F)F.O=C(c1ccoc1)N1CC2Oc3ncccc3S(=O)(=O)N(Cc3ccccn3)C2C1. The predicted molar refractivity (Wildman–Crippen MR) is 118 cm³/mol. The van der Waals surface area contributed by atoms with Crippen LogP contribution in [-0.2, 0) is 21.4 Å². The lowest BCUT2D eigenvalue weighted by molar-refractivity contribution is -0.192. The lowest BCUT2D eigenvalue weighted by Gasteiger charge is -2.27. The second kappa shape index (κ2) is 10.2. The molecule has 11 nitrogen and oxygen atoms in total. The number of carbonyl (C=O) groups is 2. The third-order valence-electron chi connectivity index (χ3n) is 5.53. The third kappa shape index (κ3) is 5.56. The molecular formula is C22H19F3N4O7S. The van der Waals surface area contributed by atoms with Gasteiger partial charge in [0, 0.05) is 18.9 Å². The molecule has 2 unspecified atom stereocenters. The highest BCUT2D eigenvalue weighted by Gasteiger charge is 2.49. The van der Waals surface area contributed by atoms with E-state index >= 15 is 0 Å². The summed E-state index contributed by atoms with van der Waals surface area (Å²) in [7, 11) is -3.93. The molecule has 0 bridgehead atoms. The van der Waals surface area contributed by atoms with Crippen molar-refractivity contribution in [3.05, 3.63) is 72.6 Å². The highest BCUT2D eigenvalue weighted by atomic mass is 32.2. The van der Waals surface area contributed by atoms with Gasteiger partial charge in [0.15, 0.2) is 0 Å². The molecule has 5 rings (SSSR count). The van der Waals surface area contributed by atoms with Crippen LogP contribution >= 0.6 is 0 Å². The highest BCUT2D eigenvalue weighted by molar-refractivity contribution is 7.89. The van der Waals surface area contributed by atoms with E-state index in [1.54, 1.807) is 41.4 Å². The van der Waals surface area contributed by atoms with E-state index < -0.39 is 34.3 Å². The van der Waals surface area contributed by atoms with E-state index in [1.165, 1.54) is 29.1 Å². The minimum Gasteiger partial charge on any atom is -0.475 e. The maximum Gasteiger partial charge on any atom is 0.490 e. The van der Waals surface area contributed by atoms with Gasteiger partial charge in [-0.15, -0.1) is 0 Å². The molecule has 0 radical (unpaired) electrons. The van der Waals surface area contributed by atoms with Crippen LogP contribution in [0.25, 0.3) is 0 Å². The molecule has 0 aromatic carbocycles. The fraction of sp³-hybridized carbons (Fsp3) is 0.273. The van der Waals surface area contributed by atoms with Crippen molar-refractivity contribution in [2.45, 2.75) is 29.8 Å². The summed E-state index contributed by atoms with van der Waals surface area (Å²) in [5.74, 6) is -2.95. The van der Waals surface area contributed by atoms with Gasteiger partial charge in [-0.25, -0.2) is 18.2 Å². The summed E-state index contributed by atoms with van der Waals surface area (Å²) < 4.78 is 71.2. The van der Waals surface area contributed by atoms with E-state index in [4.69, 9.17) is 19.1 Å². The normalized spacial score (nSPS) is 20.5. The number of furan rings is 1. The van der Waals surface area contributed by atoms with Crippen LogP contribution in [0.5, 0.6) is 5.88 Å². The molecule has 0 aliphatic carbocycles. The van der Waals surface area contributed by atoms with Crippen LogP contribution in [0.1, 0.15) is 16.1 Å². The van der Waals surface area contributed by atoms with Crippen LogP contribution in [0.2, 0.25) is 0 Å². The van der Waals surface area contributed by atoms with Gasteiger partial charge in [0.2, 0.25) is 15.9 Å². The van der Waals surface area contributed by atoms with E-state index in [0.717, 1.165) is 0 Å². The number of alkyl halides is 3. The maximum atomic E-state index is 13.5. The summed E-state index contributed by atoms with van der Waals surface area (Å²) >= 11 is 0. The van der Waals surface area contributed by atoms with Gasteiger partial charge < -0.3 is 19.2 Å². The second-order valence-electron chi connectivity index (χ2n) is 7.93. The van der Waals surface area contributed by atoms with E-state index in [2.05, 4.69) is 9.97 Å². The van der Waals surface area contributed by atoms with Crippen molar-refractivity contribution in [3.63, 3.8) is 0 Å². The van der Waals surface area contributed by atoms with Gasteiger partial charge in [-0.05, 0) is 30.3 Å². The molecule has 1 amide bonds. The topological polar surface area (TPSA) is 143 Å². The Morgan fingerprint density at radius 3 is 2.43 bits per heavy atom. The number of hydrogen-bond acceptors (Lipinski definition) is 8. The lowest BCUT2D eigenvalue weighted by atomic mass is 10.2. The molecule has 37 heavy (non-hydrogen) atoms. The largest absolute Gasteiger partial charge is 0.490 e. The number of nitrogens with zero attached hydrogens (tertiary/aromatic N) is 4. The second-order valence-corrected chi connectivity index (χ2v) is 9.79. The van der Waals surface area contributed by atoms with Crippen LogP contribution < -0.4 is 4.74 Å². The number of sulfonamides is 1. The Morgan fingerprint density at radius 2 is 1.81 bits per heavy atom. The first-order valence-electron chi connectivity index (χ1n) is 10.6. The van der Waals surface area contributed by atoms with Crippen molar-refractivity contribution < 1.29 is 45.4 Å². The zero-order valence-corrected chi connectivity index (χ0v) is 19.6. The van der Waals surface area contributed by atoms with Crippen LogP contribution in [-0.4, -0.2) is 76.0 Å². The number of carboxylic acid groups (broad SMARTS) is 1. The van der Waals surface area contributed by atoms with Crippen molar-refractivity contribution in [1.29, 1.82) is 0 Å². The van der Waals surface area contributed by atoms with Gasteiger partial charge in [-0.2, -0.15) is 17.5 Å². The van der Waals surface area contributed by atoms with Crippen LogP contribution in [0.15, 0.2) is 70.6 Å². The van der Waals surface area contributed by atoms with Crippen molar-refractivity contribution in [3.8, 4) is 5.88 Å². The number of fused-ring (bicyclic) bond motifs is 2. The molecule has 2 aliphatic heterocycles. The molecule has 3 aromatic heterocycles. The zero-order valence-electron chi connectivity index (χ0n) is 18.8. The Bertz CT molecular complexity index is 1370. The fourth-order valence-corrected chi connectivity index (χ4v) is 5.53. The average molecular weight is 540 g/mol. The number of carbonyl (C=O) groups excluding carboxylic acids is 1. The maximum absolute atomic E-state index is 13.5. The number of likely N-dealkylation sites (tertiary alicyclic amines) is 1. The molecule has 5 heterocycles. The first-order valence-corrected chi connectivity index (χ1v) is 12.1. The summed E-state index contributed by atoms with van der Waals surface area (Å²) in [5.41, 5.74) is 1.01. The lowest BCUT2D eigenvalue weighted by Crippen LogP contribution is -2.46. The number of carboxylic acids is 1. The summed E-state index contributed by atoms with van der Waals surface area (Å²) in [4.78, 5) is 31.7. The minimum absolute atomic E-state index is 0.0167. The molecule has 3 aromatic rings. The Morgan fingerprint density at radius 1 is 1.08 bits per heavy atom. The predicted octanol–water partition coefficient (Wildman–Crippen LogP) is 2.18. The number of aliphatic carboxylic acids is 1. The molecule has 1 N–H and O–H groups in total. The number of halogens is 3. The smallest absolute Gasteiger partial charge is 0.475 e. The summed E-state index contributed by atoms with van der Waals surface area (Å²) in [6, 6.07) is 9.39. The molecule has 196 valence electrons. The van der Waals surface area contributed by atoms with Crippen molar-refractivity contribution in [2.24, 2.45) is 0 Å². The van der Waals surface area contributed by atoms with Crippen LogP contribution in [0.3, 0.4) is 0 Å². The van der Waals surface area contributed by atoms with E-state index in [0.29, 0.717) is 11.3 Å². The zero-order chi connectivity index (χ0) is 26.8. The van der Waals surface area contributed by atoms with Crippen LogP contribution in [0.4, 0.5) is 13.2 Å². The van der Waals surface area contributed by atoms with E-state index in [9.17, 15) is 26.4 Å². The number of pyridine rings is 2. The van der Waals surface area contributed by atoms with Gasteiger partial charge in [-0.3, -0.25) is 9.78 Å². The minimum atomic E-state index is -5.08. The van der Waals surface area contributed by atoms with Gasteiger partial charge in [0.05, 0.1) is 36.7 Å². The monoisotopic (exact) mass is 540 g/mol. The Hall–Kier alpha value is -3.98. The van der Waals surface area contributed by atoms with Crippen LogP contribution in [0, 0.1) is 0 Å². The Balaban J connectivity index is 0.000000405. The number of ether oxygens (including phenoxy) is 1. The number of hydrogen-bond donors (Lipinski definition) is 1. The Labute approximate surface area is 208 Å². The Kier molecular flexibility index (Phi) is 7.18. The summed E-state index contributed by atoms with van der Waals surface area (Å²) in [5, 5.41) is 7.12. The highest BCUT2D eigenvalue weighted by Crippen LogP contribution is 2.36. The molecule has 1 fully saturated rings. The standard InChI is InChI=1S/C20H18N4O5S.C2HF3O2/c25-20(14-6-9-28-13-14)23-11-16-17(12-23)29-19-18(5-3-8-22-19)30(26,27)24(16)10-15-4-1-2-7-21-15;3-2(4,5)1(6)7/h1-9,13,16-17H,10-12H2;(H,6,7). The van der Waals surface area contributed by atoms with E-state index in [-0.39, 0.29) is 36.3 Å². The van der Waals surface area contributed by atoms with Gasteiger partial charge in [-0.1, -0.05) is 6.07 Å². The summed E-state index contributed by atoms with van der Waals surface area (Å²) in [6.45, 7) is 0.490. The molecule has 1 saturated heterocycles. The van der Waals surface area contributed by atoms with Gasteiger partial charge in [0.25, 0.3) is 5.91 Å². The van der Waals surface area contributed by atoms with Crippen molar-refractivity contribution in [1.82, 2.24) is 19.2 Å². The number of aromatic nitrogens is 2. The fourth-order valence-electron chi connectivity index (χ4n) is 3.85. The first-order chi connectivity index (χ1) is 17.5. The number of amides is 1. The molecule has 0 saturated carbocycles. The van der Waals surface area contributed by atoms with Gasteiger partial charge in [0.1, 0.15) is 17.3 Å². The summed E-state index contributed by atoms with van der Waals surface area (Å²) in [6.07, 6.45) is 0.260. The molecular weight excluding hydrogens is 521 g/mol. The third-order valence-corrected chi connectivity index (χ3v) is 7.42. The molecule has 2 atom stereocenters. The molecule has 15 heteroatoms. The quantitative estimate of drug-likeness (QED) is 0.529. The van der Waals surface area contributed by atoms with E-state index in [1.807, 2.05) is 0 Å². The molecule has 0 spiro atoms. The average Bonchev–Trinajstić information content (AvgIpc) is 3.52. The van der Waals surface area contributed by atoms with Crippen molar-refractivity contribution in [2.75, 3.05) is 13.1 Å². The van der Waals surface area contributed by atoms with Crippen molar-refractivity contribution >= 4 is 21.9 Å². The number of rotatable bonds is 3.